The Morgan fingerprint density at radius 1 is 1.50 bits per heavy atom. The number of hydrogen-bond acceptors (Lipinski definition) is 4. The van der Waals surface area contributed by atoms with Crippen molar-refractivity contribution < 1.29 is 9.90 Å². The van der Waals surface area contributed by atoms with E-state index >= 15 is 0 Å². The van der Waals surface area contributed by atoms with Gasteiger partial charge < -0.3 is 15.3 Å². The normalized spacial score (nSPS) is 18.9. The number of amides is 1. The minimum absolute atomic E-state index is 0.0151. The van der Waals surface area contributed by atoms with Crippen molar-refractivity contribution in [3.8, 4) is 0 Å². The maximum Gasteiger partial charge on any atom is 0.240 e. The predicted octanol–water partition coefficient (Wildman–Crippen LogP) is 1.23. The van der Waals surface area contributed by atoms with E-state index < -0.39 is 0 Å². The fourth-order valence-corrected chi connectivity index (χ4v) is 3.14. The number of nitrogens with one attached hydrogen (secondary N) is 1. The minimum Gasteiger partial charge on any atom is -0.395 e. The van der Waals surface area contributed by atoms with E-state index in [1.165, 1.54) is 0 Å². The molecule has 0 bridgehead atoms. The van der Waals surface area contributed by atoms with Crippen LogP contribution in [-0.2, 0) is 11.3 Å². The van der Waals surface area contributed by atoms with Crippen LogP contribution in [0.3, 0.4) is 0 Å². The van der Waals surface area contributed by atoms with E-state index in [4.69, 9.17) is 5.11 Å². The van der Waals surface area contributed by atoms with Crippen molar-refractivity contribution in [3.05, 3.63) is 23.8 Å². The van der Waals surface area contributed by atoms with Crippen LogP contribution in [0.2, 0.25) is 0 Å². The van der Waals surface area contributed by atoms with Gasteiger partial charge in [0.2, 0.25) is 5.91 Å². The van der Waals surface area contributed by atoms with Crippen LogP contribution in [0.5, 0.6) is 0 Å². The molecule has 0 aliphatic carbocycles. The summed E-state index contributed by atoms with van der Waals surface area (Å²) in [6.07, 6.45) is 0. The van der Waals surface area contributed by atoms with Crippen molar-refractivity contribution in [1.82, 2.24) is 5.32 Å². The molecular formula is C13H18N2O2S. The third kappa shape index (κ3) is 2.53. The van der Waals surface area contributed by atoms with Gasteiger partial charge in [0.1, 0.15) is 0 Å². The van der Waals surface area contributed by atoms with E-state index in [0.29, 0.717) is 6.54 Å². The molecule has 1 aromatic carbocycles. The molecule has 0 aromatic heterocycles. The van der Waals surface area contributed by atoms with E-state index in [2.05, 4.69) is 17.4 Å². The Hall–Kier alpha value is -1.04. The van der Waals surface area contributed by atoms with E-state index in [1.807, 2.05) is 20.0 Å². The van der Waals surface area contributed by atoms with E-state index in [9.17, 15) is 4.79 Å². The number of benzene rings is 1. The second-order valence-corrected chi connectivity index (χ2v) is 5.69. The van der Waals surface area contributed by atoms with Gasteiger partial charge in [-0.2, -0.15) is 0 Å². The lowest BCUT2D eigenvalue weighted by Gasteiger charge is -2.32. The Kier molecular flexibility index (Phi) is 4.27. The Labute approximate surface area is 111 Å². The predicted molar refractivity (Wildman–Crippen MR) is 74.0 cm³/mol. The van der Waals surface area contributed by atoms with Gasteiger partial charge in [-0.15, -0.1) is 11.8 Å². The maximum atomic E-state index is 12.1. The molecular weight excluding hydrogens is 248 g/mol. The Balaban J connectivity index is 2.38. The molecule has 18 heavy (non-hydrogen) atoms. The molecule has 1 aromatic rings. The van der Waals surface area contributed by atoms with Crippen LogP contribution in [0.4, 0.5) is 5.69 Å². The highest BCUT2D eigenvalue weighted by Crippen LogP contribution is 2.39. The van der Waals surface area contributed by atoms with Crippen molar-refractivity contribution >= 4 is 23.4 Å². The van der Waals surface area contributed by atoms with Crippen LogP contribution in [0, 0.1) is 0 Å². The molecule has 5 heteroatoms. The number of β-amino-alcohol motifs (C(OH)–C–C–N with tert-alkyl or cyclic N) is 1. The largest absolute Gasteiger partial charge is 0.395 e. The van der Waals surface area contributed by atoms with Crippen LogP contribution in [0.15, 0.2) is 23.1 Å². The first-order valence-corrected chi connectivity index (χ1v) is 6.91. The molecule has 0 radical (unpaired) electrons. The van der Waals surface area contributed by atoms with Crippen molar-refractivity contribution in [2.75, 3.05) is 25.1 Å². The Morgan fingerprint density at radius 3 is 2.94 bits per heavy atom. The number of fused-ring (bicyclic) bond motifs is 1. The van der Waals surface area contributed by atoms with Crippen LogP contribution >= 0.6 is 11.8 Å². The molecule has 0 fully saturated rings. The minimum atomic E-state index is -0.0841. The topological polar surface area (TPSA) is 52.6 Å². The number of aliphatic hydroxyl groups excluding tert-OH is 1. The molecule has 4 nitrogen and oxygen atoms in total. The van der Waals surface area contributed by atoms with Gasteiger partial charge in [0.05, 0.1) is 17.5 Å². The second kappa shape index (κ2) is 5.73. The zero-order chi connectivity index (χ0) is 13.1. The molecule has 98 valence electrons. The van der Waals surface area contributed by atoms with E-state index in [1.54, 1.807) is 16.7 Å². The monoisotopic (exact) mass is 266 g/mol. The number of thioether (sulfide) groups is 1. The van der Waals surface area contributed by atoms with Gasteiger partial charge >= 0.3 is 0 Å². The van der Waals surface area contributed by atoms with Gasteiger partial charge in [-0.25, -0.2) is 0 Å². The summed E-state index contributed by atoms with van der Waals surface area (Å²) in [6.45, 7) is 3.02. The average Bonchev–Trinajstić information content (AvgIpc) is 2.36. The number of hydrogen-bond donors (Lipinski definition) is 2. The molecule has 1 aliphatic rings. The van der Waals surface area contributed by atoms with Crippen molar-refractivity contribution in [1.29, 1.82) is 0 Å². The number of aliphatic hydroxyl groups is 1. The summed E-state index contributed by atoms with van der Waals surface area (Å²) in [7, 11) is 1.90. The first-order valence-electron chi connectivity index (χ1n) is 6.03. The van der Waals surface area contributed by atoms with Gasteiger partial charge in [-0.1, -0.05) is 6.07 Å². The van der Waals surface area contributed by atoms with Crippen LogP contribution in [-0.4, -0.2) is 36.5 Å². The maximum absolute atomic E-state index is 12.1. The molecule has 0 saturated heterocycles. The third-order valence-electron chi connectivity index (χ3n) is 2.94. The summed E-state index contributed by atoms with van der Waals surface area (Å²) < 4.78 is 0. The second-order valence-electron chi connectivity index (χ2n) is 4.31. The number of carbonyl (C=O) groups is 1. The summed E-state index contributed by atoms with van der Waals surface area (Å²) in [5, 5.41) is 12.1. The standard InChI is InChI=1S/C13H18N2O2S/c1-9-13(17)15(5-6-16)11-7-10(8-14-2)3-4-12(11)18-9/h3-4,7,9,14,16H,5-6,8H2,1-2H3. The summed E-state index contributed by atoms with van der Waals surface area (Å²) >= 11 is 1.58. The highest BCUT2D eigenvalue weighted by molar-refractivity contribution is 8.00. The zero-order valence-electron chi connectivity index (χ0n) is 10.6. The van der Waals surface area contributed by atoms with Crippen molar-refractivity contribution in [2.45, 2.75) is 23.6 Å². The lowest BCUT2D eigenvalue weighted by molar-refractivity contribution is -0.118. The fraction of sp³-hybridized carbons (Fsp3) is 0.462. The van der Waals surface area contributed by atoms with Crippen LogP contribution in [0.25, 0.3) is 0 Å². The zero-order valence-corrected chi connectivity index (χ0v) is 11.5. The van der Waals surface area contributed by atoms with E-state index in [-0.39, 0.29) is 17.8 Å². The fourth-order valence-electron chi connectivity index (χ4n) is 2.10. The number of carbonyl (C=O) groups excluding carboxylic acids is 1. The average molecular weight is 266 g/mol. The first kappa shape index (κ1) is 13.4. The SMILES string of the molecule is CNCc1ccc2c(c1)N(CCO)C(=O)C(C)S2. The molecule has 2 rings (SSSR count). The summed E-state index contributed by atoms with van der Waals surface area (Å²) in [5.74, 6) is 0.0724. The van der Waals surface area contributed by atoms with Crippen LogP contribution < -0.4 is 10.2 Å². The third-order valence-corrected chi connectivity index (χ3v) is 4.09. The highest BCUT2D eigenvalue weighted by atomic mass is 32.2. The number of rotatable bonds is 4. The summed E-state index contributed by atoms with van der Waals surface area (Å²) in [5.41, 5.74) is 2.06. The number of nitrogens with zero attached hydrogens (tertiary/aromatic N) is 1. The van der Waals surface area contributed by atoms with E-state index in [0.717, 1.165) is 22.7 Å². The van der Waals surface area contributed by atoms with Gasteiger partial charge in [0.25, 0.3) is 0 Å². The van der Waals surface area contributed by atoms with Gasteiger partial charge in [-0.05, 0) is 31.7 Å². The Morgan fingerprint density at radius 2 is 2.28 bits per heavy atom. The van der Waals surface area contributed by atoms with Gasteiger partial charge in [-0.3, -0.25) is 4.79 Å². The lowest BCUT2D eigenvalue weighted by atomic mass is 10.1. The summed E-state index contributed by atoms with van der Waals surface area (Å²) in [6, 6.07) is 6.15. The van der Waals surface area contributed by atoms with Crippen molar-refractivity contribution in [3.63, 3.8) is 0 Å². The molecule has 0 spiro atoms. The molecule has 1 unspecified atom stereocenters. The molecule has 2 N–H and O–H groups in total. The van der Waals surface area contributed by atoms with Crippen molar-refractivity contribution in [2.24, 2.45) is 0 Å². The van der Waals surface area contributed by atoms with Gasteiger partial charge in [0, 0.05) is 18.0 Å². The number of anilines is 1. The smallest absolute Gasteiger partial charge is 0.240 e. The molecule has 1 amide bonds. The molecule has 1 aliphatic heterocycles. The quantitative estimate of drug-likeness (QED) is 0.860. The highest BCUT2D eigenvalue weighted by Gasteiger charge is 2.30. The van der Waals surface area contributed by atoms with Crippen LogP contribution in [0.1, 0.15) is 12.5 Å². The Bertz CT molecular complexity index is 451. The summed E-state index contributed by atoms with van der Waals surface area (Å²) in [4.78, 5) is 14.9. The first-order chi connectivity index (χ1) is 8.67. The molecule has 0 saturated carbocycles. The lowest BCUT2D eigenvalue weighted by Crippen LogP contribution is -2.41. The molecule has 1 heterocycles. The molecule has 1 atom stereocenters. The van der Waals surface area contributed by atoms with Gasteiger partial charge in [0.15, 0.2) is 0 Å².